The monoisotopic (exact) mass is 312 g/mol. The van der Waals surface area contributed by atoms with Crippen LogP contribution >= 0.6 is 0 Å². The number of phenols is 7. The quantitative estimate of drug-likeness (QED) is 0.173. The Morgan fingerprint density at radius 1 is 0.591 bits per heavy atom. The van der Waals surface area contributed by atoms with E-state index in [4.69, 9.17) is 5.73 Å². The predicted octanol–water partition coefficient (Wildman–Crippen LogP) is 1.05. The van der Waals surface area contributed by atoms with Crippen LogP contribution in [0.2, 0.25) is 0 Å². The Bertz CT molecular complexity index is 903. The highest BCUT2D eigenvalue weighted by molar-refractivity contribution is 6.20. The number of anilines is 1. The Morgan fingerprint density at radius 2 is 1.00 bits per heavy atom. The van der Waals surface area contributed by atoms with Gasteiger partial charge < -0.3 is 41.5 Å². The maximum absolute atomic E-state index is 14.4. The molecule has 0 saturated heterocycles. The second-order valence-corrected chi connectivity index (χ2v) is 4.58. The molecule has 9 N–H and O–H groups in total. The van der Waals surface area contributed by atoms with Crippen LogP contribution in [0, 0.1) is 0 Å². The number of aromatic nitrogens is 1. The normalized spacial score (nSPS) is 11.5. The minimum absolute atomic E-state index is 0.382. The Labute approximate surface area is 119 Å². The first-order chi connectivity index (χ1) is 10.2. The molecule has 0 fully saturated rings. The lowest BCUT2D eigenvalue weighted by Crippen LogP contribution is -1.89. The lowest BCUT2D eigenvalue weighted by molar-refractivity contribution is 0.343. The molecular weight excluding hydrogens is 303 g/mol. The van der Waals surface area contributed by atoms with Gasteiger partial charge in [-0.3, -0.25) is 0 Å². The smallest absolute Gasteiger partial charge is 0.206 e. The zero-order valence-electron chi connectivity index (χ0n) is 10.5. The van der Waals surface area contributed by atoms with E-state index in [9.17, 15) is 40.2 Å². The molecule has 9 nitrogen and oxygen atoms in total. The second-order valence-electron chi connectivity index (χ2n) is 4.58. The predicted molar refractivity (Wildman–Crippen MR) is 72.0 cm³/mol. The van der Waals surface area contributed by atoms with Gasteiger partial charge in [-0.25, -0.2) is 0 Å². The van der Waals surface area contributed by atoms with Crippen LogP contribution in [0.5, 0.6) is 40.2 Å². The minimum Gasteiger partial charge on any atom is -0.505 e. The highest BCUT2D eigenvalue weighted by Crippen LogP contribution is 2.57. The Morgan fingerprint density at radius 3 is 1.55 bits per heavy atom. The maximum atomic E-state index is 14.4. The van der Waals surface area contributed by atoms with Crippen molar-refractivity contribution in [2.24, 2.45) is 0 Å². The van der Waals surface area contributed by atoms with E-state index >= 15 is 0 Å². The van der Waals surface area contributed by atoms with Crippen molar-refractivity contribution in [3.8, 4) is 40.2 Å². The van der Waals surface area contributed by atoms with Gasteiger partial charge in [-0.2, -0.15) is 4.79 Å². The zero-order valence-corrected chi connectivity index (χ0v) is 10.5. The van der Waals surface area contributed by atoms with Crippen molar-refractivity contribution in [1.82, 2.24) is 4.79 Å². The van der Waals surface area contributed by atoms with Gasteiger partial charge in [0.2, 0.25) is 11.5 Å². The number of fused-ring (bicyclic) bond motifs is 3. The number of benzene rings is 2. The van der Waals surface area contributed by atoms with Gasteiger partial charge in [0.25, 0.3) is 0 Å². The molecule has 0 unspecified atom stereocenters. The molecule has 0 radical (unpaired) electrons. The van der Waals surface area contributed by atoms with E-state index in [0.717, 1.165) is 0 Å². The number of hydrogen-bond acceptors (Lipinski definition) is 8. The van der Waals surface area contributed by atoms with Crippen LogP contribution in [0.25, 0.3) is 21.8 Å². The first-order valence-corrected chi connectivity index (χ1v) is 5.72. The van der Waals surface area contributed by atoms with Gasteiger partial charge in [-0.15, -0.1) is 0 Å². The van der Waals surface area contributed by atoms with Gasteiger partial charge in [0.1, 0.15) is 16.7 Å². The van der Waals surface area contributed by atoms with Gasteiger partial charge in [-0.1, -0.05) is 4.48 Å². The number of rotatable bonds is 0. The summed E-state index contributed by atoms with van der Waals surface area (Å²) >= 11 is 0. The molecule has 0 saturated carbocycles. The van der Waals surface area contributed by atoms with E-state index in [1.54, 1.807) is 0 Å². The summed E-state index contributed by atoms with van der Waals surface area (Å²) < 4.78 is 14.4. The second kappa shape index (κ2) is 3.81. The van der Waals surface area contributed by atoms with Crippen LogP contribution < -0.4 is 5.73 Å². The Balaban J connectivity index is 2.81. The van der Waals surface area contributed by atoms with Gasteiger partial charge >= 0.3 is 0 Å². The molecule has 2 aromatic carbocycles. The van der Waals surface area contributed by atoms with E-state index in [2.05, 4.69) is 0 Å². The minimum atomic E-state index is -1.21. The van der Waals surface area contributed by atoms with E-state index < -0.39 is 67.7 Å². The third kappa shape index (κ3) is 1.26. The molecule has 1 aromatic heterocycles. The van der Waals surface area contributed by atoms with Crippen LogP contribution in [-0.4, -0.2) is 40.5 Å². The van der Waals surface area contributed by atoms with Gasteiger partial charge in [-0.05, 0) is 0 Å². The number of phenolic OH excluding ortho intramolecular Hbond substituents is 7. The van der Waals surface area contributed by atoms with Crippen LogP contribution in [0.3, 0.4) is 0 Å². The lowest BCUT2D eigenvalue weighted by atomic mass is 10.1. The molecule has 0 aliphatic rings. The molecule has 0 aliphatic carbocycles. The molecule has 0 bridgehead atoms. The zero-order chi connectivity index (χ0) is 16.5. The van der Waals surface area contributed by atoms with Gasteiger partial charge in [0, 0.05) is 0 Å². The van der Waals surface area contributed by atoms with E-state index in [1.165, 1.54) is 0 Å². The standard InChI is InChI=1S/C12H9FN2O7/c13-15-4-1(6(16)3(14)8(18)9(4)19)2-5(15)10(20)12(22)11(21)7(2)17/h16-22H,14H2. The fourth-order valence-electron chi connectivity index (χ4n) is 2.37. The van der Waals surface area contributed by atoms with Crippen LogP contribution in [0.4, 0.5) is 10.2 Å². The summed E-state index contributed by atoms with van der Waals surface area (Å²) in [5, 5.41) is 66.6. The van der Waals surface area contributed by atoms with E-state index in [1.807, 2.05) is 0 Å². The van der Waals surface area contributed by atoms with Crippen LogP contribution in [-0.2, 0) is 0 Å². The van der Waals surface area contributed by atoms with Crippen molar-refractivity contribution in [1.29, 1.82) is 0 Å². The molecule has 0 amide bonds. The average molecular weight is 312 g/mol. The molecular formula is C12H9FN2O7. The first kappa shape index (κ1) is 13.5. The summed E-state index contributed by atoms with van der Waals surface area (Å²) in [6.07, 6.45) is 0. The number of hydrogen-bond donors (Lipinski definition) is 8. The van der Waals surface area contributed by atoms with Crippen molar-refractivity contribution in [3.63, 3.8) is 0 Å². The Hall–Kier alpha value is -3.43. The van der Waals surface area contributed by atoms with E-state index in [0.29, 0.717) is 0 Å². The molecule has 10 heteroatoms. The summed E-state index contributed by atoms with van der Waals surface area (Å²) in [6.45, 7) is 0. The summed E-state index contributed by atoms with van der Waals surface area (Å²) in [5.74, 6) is -7.56. The third-order valence-corrected chi connectivity index (χ3v) is 3.45. The van der Waals surface area contributed by atoms with Crippen molar-refractivity contribution < 1.29 is 40.2 Å². The van der Waals surface area contributed by atoms with Gasteiger partial charge in [0.15, 0.2) is 28.7 Å². The number of aromatic hydroxyl groups is 7. The highest BCUT2D eigenvalue weighted by atomic mass is 19.2. The van der Waals surface area contributed by atoms with Crippen molar-refractivity contribution in [3.05, 3.63) is 0 Å². The molecule has 3 rings (SSSR count). The lowest BCUT2D eigenvalue weighted by Gasteiger charge is -2.07. The van der Waals surface area contributed by atoms with Crippen LogP contribution in [0.1, 0.15) is 0 Å². The summed E-state index contributed by atoms with van der Waals surface area (Å²) in [6, 6.07) is 0. The highest BCUT2D eigenvalue weighted by Gasteiger charge is 2.30. The van der Waals surface area contributed by atoms with Crippen molar-refractivity contribution in [2.45, 2.75) is 0 Å². The Kier molecular flexibility index (Phi) is 2.35. The van der Waals surface area contributed by atoms with E-state index in [-0.39, 0.29) is 4.79 Å². The topological polar surface area (TPSA) is 173 Å². The van der Waals surface area contributed by atoms with Crippen molar-refractivity contribution >= 4 is 27.5 Å². The molecule has 1 heterocycles. The summed E-state index contributed by atoms with van der Waals surface area (Å²) in [5.41, 5.74) is 2.98. The third-order valence-electron chi connectivity index (χ3n) is 3.45. The fraction of sp³-hybridized carbons (Fsp3) is 0. The maximum Gasteiger partial charge on any atom is 0.206 e. The molecule has 22 heavy (non-hydrogen) atoms. The SMILES string of the molecule is Nc1c(O)c(O)c2c(c1O)c1c(O)c(O)c(O)c(O)c1n2F. The van der Waals surface area contributed by atoms with Crippen LogP contribution in [0.15, 0.2) is 0 Å². The molecule has 0 atom stereocenters. The summed E-state index contributed by atoms with van der Waals surface area (Å²) in [4.78, 5) is -0.382. The molecule has 116 valence electrons. The van der Waals surface area contributed by atoms with Gasteiger partial charge in [0.05, 0.1) is 10.8 Å². The summed E-state index contributed by atoms with van der Waals surface area (Å²) in [7, 11) is 0. The number of nitrogens with zero attached hydrogens (tertiary/aromatic N) is 1. The number of nitrogens with two attached hydrogens (primary N) is 1. The number of nitrogen functional groups attached to an aromatic ring is 1. The molecule has 0 spiro atoms. The van der Waals surface area contributed by atoms with Crippen molar-refractivity contribution in [2.75, 3.05) is 5.73 Å². The fourth-order valence-corrected chi connectivity index (χ4v) is 2.37. The first-order valence-electron chi connectivity index (χ1n) is 5.72. The molecule has 0 aliphatic heterocycles. The average Bonchev–Trinajstić information content (AvgIpc) is 2.80. The largest absolute Gasteiger partial charge is 0.505 e. The molecule has 3 aromatic rings. The number of halogens is 1.